The van der Waals surface area contributed by atoms with Crippen LogP contribution in [0.25, 0.3) is 0 Å². The molecule has 0 radical (unpaired) electrons. The molecule has 0 bridgehead atoms. The second kappa shape index (κ2) is 9.55. The Morgan fingerprint density at radius 1 is 1.40 bits per heavy atom. The number of aliphatic hydroxyl groups is 1. The molecule has 1 N–H and O–H groups in total. The molecule has 1 aromatic carbocycles. The van der Waals surface area contributed by atoms with Gasteiger partial charge in [-0.05, 0) is 31.2 Å². The third-order valence-corrected chi connectivity index (χ3v) is 3.22. The summed E-state index contributed by atoms with van der Waals surface area (Å²) in [5.41, 5.74) is 2.26. The second-order valence-corrected chi connectivity index (χ2v) is 4.84. The molecule has 0 aliphatic carbocycles. The molecule has 1 atom stereocenters. The van der Waals surface area contributed by atoms with E-state index in [4.69, 9.17) is 9.84 Å². The van der Waals surface area contributed by atoms with Gasteiger partial charge in [-0.25, -0.2) is 0 Å². The third kappa shape index (κ3) is 5.75. The predicted molar refractivity (Wildman–Crippen MR) is 82.4 cm³/mol. The highest BCUT2D eigenvalue weighted by atomic mass is 16.5. The van der Waals surface area contributed by atoms with Crippen molar-refractivity contribution >= 4 is 0 Å². The molecule has 20 heavy (non-hydrogen) atoms. The predicted octanol–water partition coefficient (Wildman–Crippen LogP) is 2.28. The average Bonchev–Trinajstić information content (AvgIpc) is 2.46. The van der Waals surface area contributed by atoms with E-state index in [1.54, 1.807) is 7.11 Å². The van der Waals surface area contributed by atoms with Gasteiger partial charge >= 0.3 is 0 Å². The summed E-state index contributed by atoms with van der Waals surface area (Å²) in [6.45, 7) is 7.09. The van der Waals surface area contributed by atoms with Gasteiger partial charge in [-0.3, -0.25) is 4.90 Å². The van der Waals surface area contributed by atoms with Crippen molar-refractivity contribution in [2.45, 2.75) is 32.9 Å². The summed E-state index contributed by atoms with van der Waals surface area (Å²) in [4.78, 5) is 2.38. The van der Waals surface area contributed by atoms with Crippen molar-refractivity contribution in [1.29, 1.82) is 0 Å². The van der Waals surface area contributed by atoms with E-state index >= 15 is 0 Å². The summed E-state index contributed by atoms with van der Waals surface area (Å²) in [6, 6.07) is 8.68. The Morgan fingerprint density at radius 2 is 2.20 bits per heavy atom. The van der Waals surface area contributed by atoms with Crippen LogP contribution in [0.3, 0.4) is 0 Å². The molecule has 0 heterocycles. The molecule has 110 valence electrons. The summed E-state index contributed by atoms with van der Waals surface area (Å²) in [5.74, 6) is 6.03. The fourth-order valence-electron chi connectivity index (χ4n) is 2.13. The normalized spacial score (nSPS) is 12.1. The van der Waals surface area contributed by atoms with Crippen LogP contribution in [0, 0.1) is 11.8 Å². The maximum atomic E-state index is 8.74. The van der Waals surface area contributed by atoms with Crippen LogP contribution in [0.15, 0.2) is 24.3 Å². The van der Waals surface area contributed by atoms with Gasteiger partial charge < -0.3 is 9.84 Å². The largest absolute Gasteiger partial charge is 0.395 e. The Hall–Kier alpha value is -1.34. The van der Waals surface area contributed by atoms with Crippen molar-refractivity contribution in [3.8, 4) is 11.8 Å². The van der Waals surface area contributed by atoms with E-state index in [0.29, 0.717) is 12.5 Å². The van der Waals surface area contributed by atoms with E-state index in [2.05, 4.69) is 42.7 Å². The van der Waals surface area contributed by atoms with E-state index < -0.39 is 0 Å². The van der Waals surface area contributed by atoms with E-state index in [0.717, 1.165) is 25.3 Å². The molecular formula is C17H25NO2. The number of likely N-dealkylation sites (N-methyl/N-ethyl adjacent to an activating group) is 1. The van der Waals surface area contributed by atoms with Gasteiger partial charge in [-0.15, -0.1) is 0 Å². The van der Waals surface area contributed by atoms with Crippen molar-refractivity contribution in [2.75, 3.05) is 26.9 Å². The van der Waals surface area contributed by atoms with Crippen molar-refractivity contribution in [3.05, 3.63) is 35.4 Å². The number of hydrogen-bond acceptors (Lipinski definition) is 3. The Kier molecular flexibility index (Phi) is 7.98. The van der Waals surface area contributed by atoms with Gasteiger partial charge in [0.1, 0.15) is 0 Å². The first-order valence-corrected chi connectivity index (χ1v) is 7.12. The lowest BCUT2D eigenvalue weighted by molar-refractivity contribution is 0.0982. The Bertz CT molecular complexity index is 448. The van der Waals surface area contributed by atoms with E-state index in [9.17, 15) is 0 Å². The van der Waals surface area contributed by atoms with Crippen LogP contribution in [-0.4, -0.2) is 42.9 Å². The average molecular weight is 275 g/mol. The quantitative estimate of drug-likeness (QED) is 0.775. The van der Waals surface area contributed by atoms with Crippen LogP contribution in [0.4, 0.5) is 0 Å². The summed E-state index contributed by atoms with van der Waals surface area (Å²) in [7, 11) is 1.74. The van der Waals surface area contributed by atoms with Gasteiger partial charge in [0.2, 0.25) is 0 Å². The second-order valence-electron chi connectivity index (χ2n) is 4.84. The number of rotatable bonds is 7. The molecular weight excluding hydrogens is 250 g/mol. The van der Waals surface area contributed by atoms with Gasteiger partial charge in [0.25, 0.3) is 0 Å². The van der Waals surface area contributed by atoms with Crippen molar-refractivity contribution in [3.63, 3.8) is 0 Å². The number of ether oxygens (including phenoxy) is 1. The minimum absolute atomic E-state index is 0.116. The zero-order valence-electron chi connectivity index (χ0n) is 12.7. The molecule has 3 nitrogen and oxygen atoms in total. The number of aliphatic hydroxyl groups excluding tert-OH is 1. The van der Waals surface area contributed by atoms with E-state index in [1.165, 1.54) is 5.56 Å². The van der Waals surface area contributed by atoms with Gasteiger partial charge in [0, 0.05) is 31.7 Å². The lowest BCUT2D eigenvalue weighted by Crippen LogP contribution is -2.35. The van der Waals surface area contributed by atoms with Crippen molar-refractivity contribution < 1.29 is 9.84 Å². The maximum absolute atomic E-state index is 8.74. The molecule has 1 unspecified atom stereocenters. The molecule has 3 heteroatoms. The minimum atomic E-state index is 0.116. The fraction of sp³-hybridized carbons (Fsp3) is 0.529. The number of hydrogen-bond donors (Lipinski definition) is 1. The smallest absolute Gasteiger partial charge is 0.0615 e. The van der Waals surface area contributed by atoms with Crippen LogP contribution in [0.1, 0.15) is 31.4 Å². The maximum Gasteiger partial charge on any atom is 0.0615 e. The fourth-order valence-corrected chi connectivity index (χ4v) is 2.13. The van der Waals surface area contributed by atoms with Crippen LogP contribution in [0.2, 0.25) is 0 Å². The molecule has 0 amide bonds. The third-order valence-electron chi connectivity index (χ3n) is 3.22. The van der Waals surface area contributed by atoms with Crippen LogP contribution < -0.4 is 0 Å². The first-order valence-electron chi connectivity index (χ1n) is 7.12. The zero-order chi connectivity index (χ0) is 14.8. The Morgan fingerprint density at radius 3 is 2.85 bits per heavy atom. The molecule has 0 fully saturated rings. The van der Waals surface area contributed by atoms with Crippen LogP contribution >= 0.6 is 0 Å². The topological polar surface area (TPSA) is 32.7 Å². The highest BCUT2D eigenvalue weighted by molar-refractivity contribution is 5.37. The summed E-state index contributed by atoms with van der Waals surface area (Å²) in [6.07, 6.45) is 0.524. The molecule has 1 aromatic rings. The van der Waals surface area contributed by atoms with E-state index in [1.807, 2.05) is 12.1 Å². The standard InChI is InChI=1S/C17H25NO2/c1-4-18(15(2)14-20-3)13-17-10-7-9-16(12-17)8-5-6-11-19/h7,9-10,12,15,19H,4,6,11,13-14H2,1-3H3. The summed E-state index contributed by atoms with van der Waals surface area (Å²) < 4.78 is 5.23. The molecule has 1 rings (SSSR count). The number of benzene rings is 1. The Balaban J connectivity index is 2.71. The summed E-state index contributed by atoms with van der Waals surface area (Å²) >= 11 is 0. The minimum Gasteiger partial charge on any atom is -0.395 e. The molecule has 0 saturated carbocycles. The van der Waals surface area contributed by atoms with Crippen molar-refractivity contribution in [2.24, 2.45) is 0 Å². The first kappa shape index (κ1) is 16.7. The van der Waals surface area contributed by atoms with Gasteiger partial charge in [0.05, 0.1) is 13.2 Å². The molecule has 0 saturated heterocycles. The van der Waals surface area contributed by atoms with Crippen LogP contribution in [0.5, 0.6) is 0 Å². The number of nitrogens with zero attached hydrogens (tertiary/aromatic N) is 1. The lowest BCUT2D eigenvalue weighted by atomic mass is 10.1. The van der Waals surface area contributed by atoms with Gasteiger partial charge in [0.15, 0.2) is 0 Å². The van der Waals surface area contributed by atoms with Gasteiger partial charge in [-0.2, -0.15) is 0 Å². The molecule has 0 aliphatic heterocycles. The first-order chi connectivity index (χ1) is 9.71. The monoisotopic (exact) mass is 275 g/mol. The Labute approximate surface area is 122 Å². The van der Waals surface area contributed by atoms with Crippen molar-refractivity contribution in [1.82, 2.24) is 4.90 Å². The molecule has 0 aromatic heterocycles. The molecule has 0 aliphatic rings. The summed E-state index contributed by atoms with van der Waals surface area (Å²) in [5, 5.41) is 8.74. The highest BCUT2D eigenvalue weighted by Gasteiger charge is 2.12. The number of methoxy groups -OCH3 is 1. The van der Waals surface area contributed by atoms with Gasteiger partial charge in [-0.1, -0.05) is 30.9 Å². The highest BCUT2D eigenvalue weighted by Crippen LogP contribution is 2.10. The lowest BCUT2D eigenvalue weighted by Gasteiger charge is -2.27. The van der Waals surface area contributed by atoms with E-state index in [-0.39, 0.29) is 6.61 Å². The zero-order valence-corrected chi connectivity index (χ0v) is 12.7. The molecule has 0 spiro atoms. The van der Waals surface area contributed by atoms with Crippen LogP contribution in [-0.2, 0) is 11.3 Å². The SMILES string of the molecule is CCN(Cc1cccc(C#CCCO)c1)C(C)COC.